The molecular formula is C13H13BrF3NO2. The van der Waals surface area contributed by atoms with Gasteiger partial charge in [-0.1, -0.05) is 0 Å². The molecule has 1 aromatic carbocycles. The molecule has 0 atom stereocenters. The number of carbonyl (C=O) groups excluding carboxylic acids is 1. The highest BCUT2D eigenvalue weighted by Crippen LogP contribution is 2.33. The Labute approximate surface area is 122 Å². The van der Waals surface area contributed by atoms with E-state index in [9.17, 15) is 23.1 Å². The smallest absolute Gasteiger partial charge is 0.388 e. The molecule has 7 heteroatoms. The zero-order chi connectivity index (χ0) is 15.0. The van der Waals surface area contributed by atoms with E-state index in [2.05, 4.69) is 21.2 Å². The Bertz CT molecular complexity index is 527. The van der Waals surface area contributed by atoms with E-state index in [1.165, 1.54) is 6.07 Å². The van der Waals surface area contributed by atoms with Crippen LogP contribution in [0.1, 0.15) is 35.2 Å². The predicted molar refractivity (Wildman–Crippen MR) is 70.3 cm³/mol. The number of amides is 1. The minimum Gasteiger partial charge on any atom is -0.388 e. The average Bonchev–Trinajstić information content (AvgIpc) is 2.32. The molecule has 0 aliphatic heterocycles. The van der Waals surface area contributed by atoms with E-state index in [0.717, 1.165) is 18.6 Å². The summed E-state index contributed by atoms with van der Waals surface area (Å²) in [5.41, 5.74) is -1.89. The van der Waals surface area contributed by atoms with Crippen molar-refractivity contribution in [1.82, 2.24) is 5.32 Å². The molecular weight excluding hydrogens is 339 g/mol. The van der Waals surface area contributed by atoms with Crippen molar-refractivity contribution in [2.75, 3.05) is 6.54 Å². The number of hydrogen-bond acceptors (Lipinski definition) is 2. The Kier molecular flexibility index (Phi) is 4.11. The lowest BCUT2D eigenvalue weighted by Crippen LogP contribution is -2.47. The topological polar surface area (TPSA) is 49.3 Å². The van der Waals surface area contributed by atoms with Gasteiger partial charge >= 0.3 is 6.18 Å². The van der Waals surface area contributed by atoms with Crippen LogP contribution in [0.15, 0.2) is 22.7 Å². The number of halogens is 4. The van der Waals surface area contributed by atoms with Crippen LogP contribution in [0.5, 0.6) is 0 Å². The van der Waals surface area contributed by atoms with E-state index in [0.29, 0.717) is 12.8 Å². The zero-order valence-electron chi connectivity index (χ0n) is 10.4. The van der Waals surface area contributed by atoms with Crippen molar-refractivity contribution in [2.45, 2.75) is 31.0 Å². The van der Waals surface area contributed by atoms with Gasteiger partial charge < -0.3 is 10.4 Å². The third kappa shape index (κ3) is 3.32. The van der Waals surface area contributed by atoms with Gasteiger partial charge in [-0.15, -0.1) is 0 Å². The van der Waals surface area contributed by atoms with Crippen LogP contribution in [-0.2, 0) is 6.18 Å². The normalized spacial score (nSPS) is 17.4. The summed E-state index contributed by atoms with van der Waals surface area (Å²) in [7, 11) is 0. The lowest BCUT2D eigenvalue weighted by atomic mass is 9.80. The number of rotatable bonds is 3. The van der Waals surface area contributed by atoms with Crippen molar-refractivity contribution < 1.29 is 23.1 Å². The standard InChI is InChI=1S/C13H13BrF3NO2/c14-10-3-2-8(13(15,16)17)6-9(10)11(19)18-7-12(20)4-1-5-12/h2-3,6,20H,1,4-5,7H2,(H,18,19). The first-order valence-electron chi connectivity index (χ1n) is 6.09. The van der Waals surface area contributed by atoms with E-state index in [-0.39, 0.29) is 16.6 Å². The summed E-state index contributed by atoms with van der Waals surface area (Å²) in [5, 5.41) is 12.3. The monoisotopic (exact) mass is 351 g/mol. The van der Waals surface area contributed by atoms with E-state index in [4.69, 9.17) is 0 Å². The summed E-state index contributed by atoms with van der Waals surface area (Å²) in [5.74, 6) is -0.636. The molecule has 0 radical (unpaired) electrons. The molecule has 0 bridgehead atoms. The van der Waals surface area contributed by atoms with Crippen molar-refractivity contribution in [2.24, 2.45) is 0 Å². The van der Waals surface area contributed by atoms with Crippen molar-refractivity contribution in [3.8, 4) is 0 Å². The fourth-order valence-corrected chi connectivity index (χ4v) is 2.40. The number of carbonyl (C=O) groups is 1. The minimum absolute atomic E-state index is 0.0501. The quantitative estimate of drug-likeness (QED) is 0.878. The van der Waals surface area contributed by atoms with E-state index in [1.807, 2.05) is 0 Å². The third-order valence-electron chi connectivity index (χ3n) is 3.40. The summed E-state index contributed by atoms with van der Waals surface area (Å²) >= 11 is 3.06. The van der Waals surface area contributed by atoms with Gasteiger partial charge in [0.2, 0.25) is 0 Å². The van der Waals surface area contributed by atoms with Gasteiger partial charge in [-0.3, -0.25) is 4.79 Å². The number of alkyl halides is 3. The maximum Gasteiger partial charge on any atom is 0.416 e. The van der Waals surface area contributed by atoms with Gasteiger partial charge in [0.1, 0.15) is 0 Å². The van der Waals surface area contributed by atoms with E-state index < -0.39 is 23.2 Å². The summed E-state index contributed by atoms with van der Waals surface area (Å²) in [6, 6.07) is 2.89. The predicted octanol–water partition coefficient (Wildman–Crippen LogP) is 3.11. The van der Waals surface area contributed by atoms with Crippen LogP contribution in [0.3, 0.4) is 0 Å². The number of benzene rings is 1. The average molecular weight is 352 g/mol. The Hall–Kier alpha value is -1.08. The van der Waals surface area contributed by atoms with Crippen LogP contribution in [0, 0.1) is 0 Å². The molecule has 1 fully saturated rings. The van der Waals surface area contributed by atoms with Crippen molar-refractivity contribution in [1.29, 1.82) is 0 Å². The second kappa shape index (κ2) is 5.37. The van der Waals surface area contributed by atoms with Gasteiger partial charge in [0.25, 0.3) is 5.91 Å². The maximum atomic E-state index is 12.6. The molecule has 3 nitrogen and oxygen atoms in total. The maximum absolute atomic E-state index is 12.6. The molecule has 0 unspecified atom stereocenters. The lowest BCUT2D eigenvalue weighted by molar-refractivity contribution is -0.137. The Morgan fingerprint density at radius 2 is 2.05 bits per heavy atom. The number of hydrogen-bond donors (Lipinski definition) is 2. The van der Waals surface area contributed by atoms with Gasteiger partial charge in [-0.25, -0.2) is 0 Å². The van der Waals surface area contributed by atoms with Gasteiger partial charge in [-0.2, -0.15) is 13.2 Å². The van der Waals surface area contributed by atoms with E-state index in [1.54, 1.807) is 0 Å². The van der Waals surface area contributed by atoms with Crippen LogP contribution >= 0.6 is 15.9 Å². The molecule has 2 rings (SSSR count). The first-order chi connectivity index (χ1) is 9.21. The van der Waals surface area contributed by atoms with Crippen LogP contribution in [-0.4, -0.2) is 23.2 Å². The SMILES string of the molecule is O=C(NCC1(O)CCC1)c1cc(C(F)(F)F)ccc1Br. The highest BCUT2D eigenvalue weighted by molar-refractivity contribution is 9.10. The fraction of sp³-hybridized carbons (Fsp3) is 0.462. The molecule has 2 N–H and O–H groups in total. The second-order valence-electron chi connectivity index (χ2n) is 4.95. The minimum atomic E-state index is -4.50. The molecule has 0 spiro atoms. The molecule has 1 aliphatic carbocycles. The van der Waals surface area contributed by atoms with Crippen LogP contribution in [0.4, 0.5) is 13.2 Å². The summed E-state index contributed by atoms with van der Waals surface area (Å²) in [6.07, 6.45) is -2.42. The largest absolute Gasteiger partial charge is 0.416 e. The molecule has 1 aromatic rings. The van der Waals surface area contributed by atoms with Crippen LogP contribution in [0.25, 0.3) is 0 Å². The Morgan fingerprint density at radius 1 is 1.40 bits per heavy atom. The van der Waals surface area contributed by atoms with Crippen molar-refractivity contribution in [3.05, 3.63) is 33.8 Å². The lowest BCUT2D eigenvalue weighted by Gasteiger charge is -2.36. The van der Waals surface area contributed by atoms with Crippen molar-refractivity contribution >= 4 is 21.8 Å². The summed E-state index contributed by atoms with van der Waals surface area (Å²) in [6.45, 7) is 0.0501. The molecule has 0 heterocycles. The Balaban J connectivity index is 2.12. The molecule has 0 aromatic heterocycles. The highest BCUT2D eigenvalue weighted by Gasteiger charge is 2.35. The molecule has 1 aliphatic rings. The Morgan fingerprint density at radius 3 is 2.55 bits per heavy atom. The van der Waals surface area contributed by atoms with Crippen LogP contribution in [0.2, 0.25) is 0 Å². The molecule has 1 amide bonds. The zero-order valence-corrected chi connectivity index (χ0v) is 12.0. The van der Waals surface area contributed by atoms with Gasteiger partial charge in [-0.05, 0) is 53.4 Å². The number of aliphatic hydroxyl groups is 1. The van der Waals surface area contributed by atoms with Gasteiger partial charge in [0.15, 0.2) is 0 Å². The summed E-state index contributed by atoms with van der Waals surface area (Å²) in [4.78, 5) is 11.9. The van der Waals surface area contributed by atoms with E-state index >= 15 is 0 Å². The van der Waals surface area contributed by atoms with Crippen molar-refractivity contribution in [3.63, 3.8) is 0 Å². The van der Waals surface area contributed by atoms with Gasteiger partial charge in [0.05, 0.1) is 16.7 Å². The molecule has 1 saturated carbocycles. The van der Waals surface area contributed by atoms with Gasteiger partial charge in [0, 0.05) is 11.0 Å². The highest BCUT2D eigenvalue weighted by atomic mass is 79.9. The molecule has 0 saturated heterocycles. The van der Waals surface area contributed by atoms with Crippen LogP contribution < -0.4 is 5.32 Å². The number of nitrogens with one attached hydrogen (secondary N) is 1. The first-order valence-corrected chi connectivity index (χ1v) is 6.88. The molecule has 20 heavy (non-hydrogen) atoms. The second-order valence-corrected chi connectivity index (χ2v) is 5.81. The summed E-state index contributed by atoms with van der Waals surface area (Å²) < 4.78 is 38.1. The third-order valence-corrected chi connectivity index (χ3v) is 4.09. The first kappa shape index (κ1) is 15.3. The fourth-order valence-electron chi connectivity index (χ4n) is 1.98. The molecule has 110 valence electrons.